The van der Waals surface area contributed by atoms with Gasteiger partial charge in [0, 0.05) is 25.7 Å². The van der Waals surface area contributed by atoms with Gasteiger partial charge in [0.1, 0.15) is 19.3 Å². The fraction of sp³-hybridized carbons (Fsp3) is 0.852. The first-order valence-electron chi connectivity index (χ1n) is 40.9. The molecule has 0 rings (SSSR count). The van der Waals surface area contributed by atoms with E-state index >= 15 is 0 Å². The minimum absolute atomic E-state index is 0.0806. The summed E-state index contributed by atoms with van der Waals surface area (Å²) in [5, 5.41) is 10.6. The van der Waals surface area contributed by atoms with Crippen molar-refractivity contribution in [3.63, 3.8) is 0 Å². The van der Waals surface area contributed by atoms with E-state index in [1.807, 2.05) is 0 Å². The van der Waals surface area contributed by atoms with Gasteiger partial charge < -0.3 is 33.8 Å². The molecular weight excluding hydrogens is 1310 g/mol. The standard InChI is InChI=1S/C81H150O17P2/c1-5-9-13-17-21-25-29-33-37-41-45-49-53-57-61-65-78(83)91-71-76(97-80(85)67-63-59-55-51-47-43-39-35-31-27-23-19-15-11-7-3)73-95-99(87,88)93-69-75(82)70-94-100(89,90)96-74-77(98-81(86)68-64-60-56-52-48-44-40-36-32-28-24-20-16-12-8-4)72-92-79(84)66-62-58-54-50-46-42-38-34-30-26-22-18-14-10-6-2/h21,23,25,27,33,35,37,39,75-77,82H,5-20,22,24,26,28-32,34,36,38,40-74H2,1-4H3,(H,87,88)(H,89,90)/b25-21-,27-23-,37-33-,39-35-. The van der Waals surface area contributed by atoms with E-state index in [4.69, 9.17) is 37.0 Å². The van der Waals surface area contributed by atoms with Gasteiger partial charge in [-0.2, -0.15) is 0 Å². The second-order valence-corrected chi connectivity index (χ2v) is 30.6. The van der Waals surface area contributed by atoms with Crippen LogP contribution in [0.3, 0.4) is 0 Å². The maximum Gasteiger partial charge on any atom is 0.472 e. The lowest BCUT2D eigenvalue weighted by Crippen LogP contribution is -2.30. The molecule has 0 bridgehead atoms. The second-order valence-electron chi connectivity index (χ2n) is 27.7. The maximum absolute atomic E-state index is 13.1. The lowest BCUT2D eigenvalue weighted by atomic mass is 10.0. The molecule has 5 unspecified atom stereocenters. The number of hydrogen-bond acceptors (Lipinski definition) is 15. The zero-order valence-electron chi connectivity index (χ0n) is 64.1. The van der Waals surface area contributed by atoms with E-state index in [-0.39, 0.29) is 25.7 Å². The zero-order valence-corrected chi connectivity index (χ0v) is 65.9. The van der Waals surface area contributed by atoms with Crippen LogP contribution in [0.5, 0.6) is 0 Å². The van der Waals surface area contributed by atoms with E-state index in [0.717, 1.165) is 135 Å². The summed E-state index contributed by atoms with van der Waals surface area (Å²) in [5.41, 5.74) is 0. The molecule has 0 saturated heterocycles. The van der Waals surface area contributed by atoms with Crippen LogP contribution < -0.4 is 0 Å². The Morgan fingerprint density at radius 1 is 0.280 bits per heavy atom. The van der Waals surface area contributed by atoms with E-state index in [2.05, 4.69) is 76.3 Å². The molecule has 17 nitrogen and oxygen atoms in total. The number of hydrogen-bond donors (Lipinski definition) is 3. The van der Waals surface area contributed by atoms with Gasteiger partial charge in [-0.1, -0.05) is 320 Å². The average molecular weight is 1460 g/mol. The molecular formula is C81H150O17P2. The molecule has 0 radical (unpaired) electrons. The zero-order chi connectivity index (χ0) is 73.2. The van der Waals surface area contributed by atoms with E-state index in [0.29, 0.717) is 25.7 Å². The van der Waals surface area contributed by atoms with Crippen molar-refractivity contribution in [1.29, 1.82) is 0 Å². The van der Waals surface area contributed by atoms with Crippen molar-refractivity contribution < 1.29 is 80.2 Å². The van der Waals surface area contributed by atoms with E-state index in [9.17, 15) is 43.2 Å². The summed E-state index contributed by atoms with van der Waals surface area (Å²) >= 11 is 0. The molecule has 0 spiro atoms. The Hall–Kier alpha value is -2.98. The first-order valence-corrected chi connectivity index (χ1v) is 43.9. The number of aliphatic hydroxyl groups is 1. The van der Waals surface area contributed by atoms with E-state index < -0.39 is 97.5 Å². The van der Waals surface area contributed by atoms with Gasteiger partial charge in [0.05, 0.1) is 26.4 Å². The van der Waals surface area contributed by atoms with E-state index in [1.165, 1.54) is 173 Å². The van der Waals surface area contributed by atoms with Gasteiger partial charge in [0.25, 0.3) is 0 Å². The highest BCUT2D eigenvalue weighted by Crippen LogP contribution is 2.45. The smallest absolute Gasteiger partial charge is 0.462 e. The molecule has 0 aromatic carbocycles. The highest BCUT2D eigenvalue weighted by Gasteiger charge is 2.30. The predicted octanol–water partition coefficient (Wildman–Crippen LogP) is 23.7. The first-order chi connectivity index (χ1) is 48.7. The Morgan fingerprint density at radius 2 is 0.490 bits per heavy atom. The van der Waals surface area contributed by atoms with Crippen LogP contribution in [0, 0.1) is 0 Å². The Kier molecular flexibility index (Phi) is 72.1. The quantitative estimate of drug-likeness (QED) is 0.0169. The number of aliphatic hydroxyl groups excluding tert-OH is 1. The van der Waals surface area contributed by atoms with E-state index in [1.54, 1.807) is 0 Å². The summed E-state index contributed by atoms with van der Waals surface area (Å²) < 4.78 is 68.7. The Bertz CT molecular complexity index is 2080. The van der Waals surface area contributed by atoms with Crippen LogP contribution in [0.1, 0.15) is 387 Å². The van der Waals surface area contributed by atoms with Gasteiger partial charge in [-0.25, -0.2) is 9.13 Å². The third kappa shape index (κ3) is 73.3. The summed E-state index contributed by atoms with van der Waals surface area (Å²) in [7, 11) is -9.94. The van der Waals surface area contributed by atoms with Crippen molar-refractivity contribution in [3.05, 3.63) is 48.6 Å². The number of ether oxygens (including phenoxy) is 4. The van der Waals surface area contributed by atoms with Gasteiger partial charge in [-0.3, -0.25) is 37.3 Å². The van der Waals surface area contributed by atoms with Crippen LogP contribution in [0.15, 0.2) is 48.6 Å². The Morgan fingerprint density at radius 3 is 0.760 bits per heavy atom. The summed E-state index contributed by atoms with van der Waals surface area (Å²) in [6.45, 7) is 4.89. The number of esters is 4. The Labute approximate surface area is 610 Å². The number of carbonyl (C=O) groups is 4. The third-order valence-corrected chi connectivity index (χ3v) is 19.7. The number of rotatable bonds is 78. The largest absolute Gasteiger partial charge is 0.472 e. The van der Waals surface area contributed by atoms with Crippen molar-refractivity contribution in [2.24, 2.45) is 0 Å². The molecule has 0 aromatic heterocycles. The molecule has 0 aromatic rings. The molecule has 0 aliphatic carbocycles. The van der Waals surface area contributed by atoms with Crippen LogP contribution in [0.4, 0.5) is 0 Å². The van der Waals surface area contributed by atoms with Crippen molar-refractivity contribution in [2.45, 2.75) is 406 Å². The van der Waals surface area contributed by atoms with Gasteiger partial charge in [-0.15, -0.1) is 0 Å². The van der Waals surface area contributed by atoms with Gasteiger partial charge >= 0.3 is 39.5 Å². The molecule has 100 heavy (non-hydrogen) atoms. The van der Waals surface area contributed by atoms with Crippen molar-refractivity contribution in [3.8, 4) is 0 Å². The monoisotopic (exact) mass is 1460 g/mol. The van der Waals surface area contributed by atoms with Gasteiger partial charge in [-0.05, 0) is 89.9 Å². The van der Waals surface area contributed by atoms with Crippen molar-refractivity contribution >= 4 is 39.5 Å². The van der Waals surface area contributed by atoms with Crippen LogP contribution in [0.2, 0.25) is 0 Å². The highest BCUT2D eigenvalue weighted by molar-refractivity contribution is 7.47. The van der Waals surface area contributed by atoms with Crippen LogP contribution in [-0.2, 0) is 65.4 Å². The second kappa shape index (κ2) is 74.3. The van der Waals surface area contributed by atoms with Crippen LogP contribution in [0.25, 0.3) is 0 Å². The average Bonchev–Trinajstić information content (AvgIpc) is 1.01. The van der Waals surface area contributed by atoms with Crippen LogP contribution >= 0.6 is 15.6 Å². The maximum atomic E-state index is 13.1. The summed E-state index contributed by atoms with van der Waals surface area (Å²) in [4.78, 5) is 73.0. The van der Waals surface area contributed by atoms with Crippen molar-refractivity contribution in [1.82, 2.24) is 0 Å². The molecule has 586 valence electrons. The molecule has 5 atom stereocenters. The minimum Gasteiger partial charge on any atom is -0.462 e. The van der Waals surface area contributed by atoms with Crippen LogP contribution in [-0.4, -0.2) is 96.7 Å². The predicted molar refractivity (Wildman–Crippen MR) is 409 cm³/mol. The van der Waals surface area contributed by atoms with Gasteiger partial charge in [0.15, 0.2) is 12.2 Å². The molecule has 0 aliphatic rings. The number of phosphoric acid groups is 2. The topological polar surface area (TPSA) is 237 Å². The molecule has 0 amide bonds. The number of allylic oxidation sites excluding steroid dienone is 8. The third-order valence-electron chi connectivity index (χ3n) is 17.8. The van der Waals surface area contributed by atoms with Gasteiger partial charge in [0.2, 0.25) is 0 Å². The minimum atomic E-state index is -4.97. The number of carbonyl (C=O) groups excluding carboxylic acids is 4. The fourth-order valence-electron chi connectivity index (χ4n) is 11.5. The summed E-state index contributed by atoms with van der Waals surface area (Å²) in [6.07, 6.45) is 72.2. The lowest BCUT2D eigenvalue weighted by Gasteiger charge is -2.21. The fourth-order valence-corrected chi connectivity index (χ4v) is 13.1. The first kappa shape index (κ1) is 97.0. The Balaban J connectivity index is 5.33. The number of phosphoric ester groups is 2. The molecule has 19 heteroatoms. The molecule has 0 heterocycles. The number of unbranched alkanes of at least 4 members (excludes halogenated alkanes) is 44. The normalized spacial score (nSPS) is 14.1. The highest BCUT2D eigenvalue weighted by atomic mass is 31.2. The lowest BCUT2D eigenvalue weighted by molar-refractivity contribution is -0.161. The summed E-state index contributed by atoms with van der Waals surface area (Å²) in [6, 6.07) is 0. The molecule has 3 N–H and O–H groups in total. The molecule has 0 saturated carbocycles. The summed E-state index contributed by atoms with van der Waals surface area (Å²) in [5.74, 6) is -2.16. The SMILES string of the molecule is CCCCC/C=C\C/C=C\CCCCCCCC(=O)OCC(COP(=O)(O)OCC(O)COP(=O)(O)OCC(COC(=O)CCCCCCCCCCCCCCCCC)OC(=O)CCCCCCCCCCCCCCCCC)OC(=O)CCCCCCC/C=C\C/C=C\CCCCC. The molecule has 0 fully saturated rings. The molecule has 0 aliphatic heterocycles. The van der Waals surface area contributed by atoms with Crippen molar-refractivity contribution in [2.75, 3.05) is 39.6 Å².